The number of aryl methyl sites for hydroxylation is 2. The highest BCUT2D eigenvalue weighted by molar-refractivity contribution is 5.76. The maximum Gasteiger partial charge on any atom is 0.345 e. The second-order valence-electron chi connectivity index (χ2n) is 6.05. The molecule has 0 radical (unpaired) electrons. The van der Waals surface area contributed by atoms with E-state index in [-0.39, 0.29) is 18.1 Å². The summed E-state index contributed by atoms with van der Waals surface area (Å²) in [6, 6.07) is 11.5. The van der Waals surface area contributed by atoms with Gasteiger partial charge in [0.05, 0.1) is 6.54 Å². The van der Waals surface area contributed by atoms with Gasteiger partial charge in [0.2, 0.25) is 5.91 Å². The molecule has 0 aliphatic rings. The summed E-state index contributed by atoms with van der Waals surface area (Å²) in [6.07, 6.45) is 0.814. The number of benzene rings is 1. The van der Waals surface area contributed by atoms with E-state index < -0.39 is 0 Å². The van der Waals surface area contributed by atoms with Gasteiger partial charge in [-0.3, -0.25) is 4.79 Å². The Morgan fingerprint density at radius 3 is 2.73 bits per heavy atom. The van der Waals surface area contributed by atoms with E-state index >= 15 is 0 Å². The number of nitrogens with one attached hydrogen (secondary N) is 2. The van der Waals surface area contributed by atoms with Crippen molar-refractivity contribution in [3.05, 3.63) is 69.6 Å². The first-order chi connectivity index (χ1) is 12.5. The quantitative estimate of drug-likeness (QED) is 0.709. The lowest BCUT2D eigenvalue weighted by Crippen LogP contribution is -2.23. The lowest BCUT2D eigenvalue weighted by molar-refractivity contribution is -0.121. The van der Waals surface area contributed by atoms with E-state index in [0.717, 1.165) is 22.5 Å². The standard InChI is InChI=1S/C19H20N4O3/c1-12-16(13(2)22-19(25)21-12)8-9-18(24)20-11-15-10-17(23-26-15)14-6-4-3-5-7-14/h3-7,10H,8-9,11H2,1-2H3,(H,20,24)(H,21,22,25). The van der Waals surface area contributed by atoms with Crippen LogP contribution >= 0.6 is 0 Å². The number of aromatic nitrogens is 3. The molecule has 2 aromatic heterocycles. The number of carbonyl (C=O) groups is 1. The van der Waals surface area contributed by atoms with Crippen molar-refractivity contribution in [2.24, 2.45) is 0 Å². The van der Waals surface area contributed by atoms with Gasteiger partial charge in [-0.05, 0) is 25.8 Å². The van der Waals surface area contributed by atoms with E-state index in [0.29, 0.717) is 24.3 Å². The highest BCUT2D eigenvalue weighted by atomic mass is 16.5. The Morgan fingerprint density at radius 1 is 1.23 bits per heavy atom. The minimum atomic E-state index is -0.368. The van der Waals surface area contributed by atoms with Crippen molar-refractivity contribution in [2.45, 2.75) is 33.2 Å². The molecule has 26 heavy (non-hydrogen) atoms. The predicted octanol–water partition coefficient (Wildman–Crippen LogP) is 2.29. The molecule has 0 saturated heterocycles. The summed E-state index contributed by atoms with van der Waals surface area (Å²) in [5.74, 6) is 0.489. The van der Waals surface area contributed by atoms with Crippen LogP contribution in [0, 0.1) is 13.8 Å². The molecule has 7 nitrogen and oxygen atoms in total. The number of nitrogens with zero attached hydrogens (tertiary/aromatic N) is 2. The monoisotopic (exact) mass is 352 g/mol. The van der Waals surface area contributed by atoms with Gasteiger partial charge in [-0.1, -0.05) is 35.5 Å². The largest absolute Gasteiger partial charge is 0.359 e. The summed E-state index contributed by atoms with van der Waals surface area (Å²) >= 11 is 0. The van der Waals surface area contributed by atoms with Crippen LogP contribution in [-0.2, 0) is 17.8 Å². The molecule has 0 aliphatic heterocycles. The molecule has 134 valence electrons. The molecule has 2 heterocycles. The van der Waals surface area contributed by atoms with Gasteiger partial charge in [-0.15, -0.1) is 0 Å². The number of amides is 1. The van der Waals surface area contributed by atoms with Crippen molar-refractivity contribution in [2.75, 3.05) is 0 Å². The normalized spacial score (nSPS) is 10.7. The van der Waals surface area contributed by atoms with Crippen molar-refractivity contribution in [1.29, 1.82) is 0 Å². The van der Waals surface area contributed by atoms with Crippen LogP contribution in [0.3, 0.4) is 0 Å². The smallest absolute Gasteiger partial charge is 0.345 e. The van der Waals surface area contributed by atoms with Crippen molar-refractivity contribution >= 4 is 5.91 Å². The SMILES string of the molecule is Cc1nc(=O)[nH]c(C)c1CCC(=O)NCc1cc(-c2ccccc2)no1. The molecule has 0 bridgehead atoms. The van der Waals surface area contributed by atoms with Gasteiger partial charge in [0.25, 0.3) is 0 Å². The van der Waals surface area contributed by atoms with Crippen molar-refractivity contribution in [3.8, 4) is 11.3 Å². The van der Waals surface area contributed by atoms with Gasteiger partial charge in [0, 0.05) is 29.4 Å². The van der Waals surface area contributed by atoms with E-state index in [1.54, 1.807) is 6.92 Å². The third-order valence-electron chi connectivity index (χ3n) is 4.14. The molecule has 1 aromatic carbocycles. The summed E-state index contributed by atoms with van der Waals surface area (Å²) < 4.78 is 5.27. The number of hydrogen-bond acceptors (Lipinski definition) is 5. The number of hydrogen-bond donors (Lipinski definition) is 2. The van der Waals surface area contributed by atoms with E-state index in [9.17, 15) is 9.59 Å². The highest BCUT2D eigenvalue weighted by Gasteiger charge is 2.11. The first-order valence-corrected chi connectivity index (χ1v) is 8.37. The van der Waals surface area contributed by atoms with Gasteiger partial charge in [-0.2, -0.15) is 4.98 Å². The molecule has 1 amide bonds. The zero-order valence-electron chi connectivity index (χ0n) is 14.7. The maximum atomic E-state index is 12.1. The van der Waals surface area contributed by atoms with E-state index in [1.165, 1.54) is 0 Å². The molecule has 0 unspecified atom stereocenters. The van der Waals surface area contributed by atoms with Crippen LogP contribution in [0.2, 0.25) is 0 Å². The first-order valence-electron chi connectivity index (χ1n) is 8.37. The third-order valence-corrected chi connectivity index (χ3v) is 4.14. The van der Waals surface area contributed by atoms with Crippen molar-refractivity contribution < 1.29 is 9.32 Å². The topological polar surface area (TPSA) is 101 Å². The van der Waals surface area contributed by atoms with Crippen LogP contribution in [0.1, 0.15) is 29.1 Å². The van der Waals surface area contributed by atoms with Crippen LogP contribution < -0.4 is 11.0 Å². The van der Waals surface area contributed by atoms with Crippen LogP contribution in [0.25, 0.3) is 11.3 Å². The molecule has 0 aliphatic carbocycles. The van der Waals surface area contributed by atoms with E-state index in [1.807, 2.05) is 43.3 Å². The highest BCUT2D eigenvalue weighted by Crippen LogP contribution is 2.18. The van der Waals surface area contributed by atoms with E-state index in [2.05, 4.69) is 20.4 Å². The molecule has 3 aromatic rings. The Balaban J connectivity index is 1.54. The van der Waals surface area contributed by atoms with E-state index in [4.69, 9.17) is 4.52 Å². The Morgan fingerprint density at radius 2 is 2.00 bits per heavy atom. The summed E-state index contributed by atoms with van der Waals surface area (Å²) in [5, 5.41) is 6.84. The Bertz CT molecular complexity index is 934. The molecule has 0 spiro atoms. The Hall–Kier alpha value is -3.22. The average molecular weight is 352 g/mol. The van der Waals surface area contributed by atoms with Crippen LogP contribution in [0.15, 0.2) is 45.7 Å². The molecule has 0 saturated carbocycles. The van der Waals surface area contributed by atoms with Crippen molar-refractivity contribution in [1.82, 2.24) is 20.4 Å². The van der Waals surface area contributed by atoms with Gasteiger partial charge in [0.15, 0.2) is 5.76 Å². The lowest BCUT2D eigenvalue weighted by Gasteiger charge is -2.08. The number of H-pyrrole nitrogens is 1. The summed E-state index contributed by atoms with van der Waals surface area (Å²) in [6.45, 7) is 3.86. The number of carbonyl (C=O) groups excluding carboxylic acids is 1. The Kier molecular flexibility index (Phi) is 5.26. The fourth-order valence-electron chi connectivity index (χ4n) is 2.78. The lowest BCUT2D eigenvalue weighted by atomic mass is 10.1. The molecular weight excluding hydrogens is 332 g/mol. The fourth-order valence-corrected chi connectivity index (χ4v) is 2.78. The summed E-state index contributed by atoms with van der Waals surface area (Å²) in [7, 11) is 0. The Labute approximate surface area is 150 Å². The zero-order chi connectivity index (χ0) is 18.5. The number of rotatable bonds is 6. The molecule has 7 heteroatoms. The zero-order valence-corrected chi connectivity index (χ0v) is 14.7. The van der Waals surface area contributed by atoms with Gasteiger partial charge < -0.3 is 14.8 Å². The number of aromatic amines is 1. The fraction of sp³-hybridized carbons (Fsp3) is 0.263. The minimum absolute atomic E-state index is 0.104. The molecule has 2 N–H and O–H groups in total. The second-order valence-corrected chi connectivity index (χ2v) is 6.05. The van der Waals surface area contributed by atoms with Gasteiger partial charge in [-0.25, -0.2) is 4.79 Å². The molecule has 0 atom stereocenters. The van der Waals surface area contributed by atoms with Gasteiger partial charge in [0.1, 0.15) is 5.69 Å². The predicted molar refractivity (Wildman–Crippen MR) is 96.4 cm³/mol. The molecule has 0 fully saturated rings. The summed E-state index contributed by atoms with van der Waals surface area (Å²) in [5.41, 5.74) is 3.63. The maximum absolute atomic E-state index is 12.1. The molecule has 3 rings (SSSR count). The second kappa shape index (κ2) is 7.77. The van der Waals surface area contributed by atoms with Crippen LogP contribution in [-0.4, -0.2) is 21.0 Å². The summed E-state index contributed by atoms with van der Waals surface area (Å²) in [4.78, 5) is 29.9. The molecular formula is C19H20N4O3. The third kappa shape index (κ3) is 4.24. The minimum Gasteiger partial charge on any atom is -0.359 e. The average Bonchev–Trinajstić information content (AvgIpc) is 3.09. The first kappa shape index (κ1) is 17.6. The van der Waals surface area contributed by atoms with Crippen molar-refractivity contribution in [3.63, 3.8) is 0 Å². The van der Waals surface area contributed by atoms with Gasteiger partial charge >= 0.3 is 5.69 Å². The van der Waals surface area contributed by atoms with Crippen LogP contribution in [0.4, 0.5) is 0 Å². The van der Waals surface area contributed by atoms with Crippen LogP contribution in [0.5, 0.6) is 0 Å².